The van der Waals surface area contributed by atoms with Gasteiger partial charge < -0.3 is 20.2 Å². The van der Waals surface area contributed by atoms with Crippen molar-refractivity contribution in [3.63, 3.8) is 0 Å². The molecule has 0 spiro atoms. The van der Waals surface area contributed by atoms with Gasteiger partial charge in [0.1, 0.15) is 6.20 Å². The van der Waals surface area contributed by atoms with Crippen LogP contribution in [-0.2, 0) is 4.74 Å². The number of ether oxygens (including phenoxy) is 1. The zero-order valence-corrected chi connectivity index (χ0v) is 13.4. The Morgan fingerprint density at radius 1 is 1.24 bits per heavy atom. The number of nitrogens with zero attached hydrogens (tertiary/aromatic N) is 4. The second-order valence-electron chi connectivity index (χ2n) is 6.00. The molecule has 0 saturated carbocycles. The van der Waals surface area contributed by atoms with Crippen molar-refractivity contribution in [1.29, 1.82) is 0 Å². The largest absolute Gasteiger partial charge is 0.373 e. The van der Waals surface area contributed by atoms with E-state index in [4.69, 9.17) is 4.74 Å². The maximum atomic E-state index is 11.0. The molecule has 3 aromatic rings. The molecule has 1 fully saturated rings. The summed E-state index contributed by atoms with van der Waals surface area (Å²) in [4.78, 5) is 14.5. The van der Waals surface area contributed by atoms with Crippen LogP contribution in [-0.4, -0.2) is 32.2 Å². The predicted molar refractivity (Wildman–Crippen MR) is 91.4 cm³/mol. The van der Waals surface area contributed by atoms with Crippen molar-refractivity contribution in [3.05, 3.63) is 64.3 Å². The molecule has 0 bridgehead atoms. The molecule has 1 aromatic carbocycles. The summed E-state index contributed by atoms with van der Waals surface area (Å²) in [6.07, 6.45) is 2.93. The Balaban J connectivity index is 1.52. The van der Waals surface area contributed by atoms with Crippen LogP contribution in [0.1, 0.15) is 24.5 Å². The maximum absolute atomic E-state index is 11.0. The normalized spacial score (nSPS) is 20.5. The van der Waals surface area contributed by atoms with E-state index in [0.717, 1.165) is 18.4 Å². The van der Waals surface area contributed by atoms with Crippen molar-refractivity contribution in [1.82, 2.24) is 14.6 Å². The van der Waals surface area contributed by atoms with Crippen LogP contribution in [0.25, 0.3) is 5.65 Å². The lowest BCUT2D eigenvalue weighted by molar-refractivity contribution is -0.391. The standard InChI is InChI=1S/C17H17N5O3/c23-22(24)17-11-18-16-7-6-15(20-21(16)17)19-13-8-9-25-14(10-13)12-4-2-1-3-5-12/h1-7,11,13-14H,8-10H2,(H,19,20). The number of rotatable bonds is 4. The highest BCUT2D eigenvalue weighted by Gasteiger charge is 2.25. The van der Waals surface area contributed by atoms with Gasteiger partial charge in [0.05, 0.1) is 6.10 Å². The topological polar surface area (TPSA) is 94.6 Å². The molecule has 1 saturated heterocycles. The number of nitrogens with one attached hydrogen (secondary N) is 1. The summed E-state index contributed by atoms with van der Waals surface area (Å²) in [6, 6.07) is 13.8. The van der Waals surface area contributed by atoms with Crippen molar-refractivity contribution in [3.8, 4) is 0 Å². The van der Waals surface area contributed by atoms with E-state index in [1.165, 1.54) is 10.7 Å². The zero-order chi connectivity index (χ0) is 17.2. The van der Waals surface area contributed by atoms with E-state index < -0.39 is 4.92 Å². The number of nitro groups is 1. The first-order valence-electron chi connectivity index (χ1n) is 8.13. The number of imidazole rings is 1. The molecule has 0 radical (unpaired) electrons. The fourth-order valence-electron chi connectivity index (χ4n) is 3.10. The van der Waals surface area contributed by atoms with Gasteiger partial charge in [-0.1, -0.05) is 39.9 Å². The summed E-state index contributed by atoms with van der Waals surface area (Å²) in [5.41, 5.74) is 1.61. The monoisotopic (exact) mass is 339 g/mol. The summed E-state index contributed by atoms with van der Waals surface area (Å²) < 4.78 is 7.12. The lowest BCUT2D eigenvalue weighted by Crippen LogP contribution is -2.30. The van der Waals surface area contributed by atoms with Gasteiger partial charge in [-0.05, 0) is 29.4 Å². The molecular weight excluding hydrogens is 322 g/mol. The summed E-state index contributed by atoms with van der Waals surface area (Å²) >= 11 is 0. The van der Waals surface area contributed by atoms with Crippen LogP contribution >= 0.6 is 0 Å². The summed E-state index contributed by atoms with van der Waals surface area (Å²) in [5, 5.41) is 18.7. The fourth-order valence-corrected chi connectivity index (χ4v) is 3.10. The van der Waals surface area contributed by atoms with Crippen molar-refractivity contribution in [2.75, 3.05) is 11.9 Å². The number of fused-ring (bicyclic) bond motifs is 1. The highest BCUT2D eigenvalue weighted by Crippen LogP contribution is 2.29. The van der Waals surface area contributed by atoms with E-state index in [-0.39, 0.29) is 18.0 Å². The molecule has 0 amide bonds. The molecule has 128 valence electrons. The van der Waals surface area contributed by atoms with Gasteiger partial charge in [0.15, 0.2) is 5.82 Å². The highest BCUT2D eigenvalue weighted by molar-refractivity contribution is 5.48. The maximum Gasteiger partial charge on any atom is 0.368 e. The first-order chi connectivity index (χ1) is 12.2. The third-order valence-electron chi connectivity index (χ3n) is 4.34. The lowest BCUT2D eigenvalue weighted by atomic mass is 9.97. The third kappa shape index (κ3) is 3.16. The average Bonchev–Trinajstić information content (AvgIpc) is 3.06. The molecule has 4 rings (SSSR count). The Kier molecular flexibility index (Phi) is 4.02. The van der Waals surface area contributed by atoms with Crippen LogP contribution < -0.4 is 5.32 Å². The minimum absolute atomic E-state index is 0.0405. The van der Waals surface area contributed by atoms with E-state index >= 15 is 0 Å². The molecular formula is C17H17N5O3. The number of benzene rings is 1. The molecule has 2 atom stereocenters. The molecule has 1 aliphatic rings. The van der Waals surface area contributed by atoms with E-state index in [2.05, 4.69) is 27.5 Å². The number of hydrogen-bond acceptors (Lipinski definition) is 6. The SMILES string of the molecule is O=[N+]([O-])c1cnc2ccc(NC3CCOC(c4ccccc4)C3)nn12. The predicted octanol–water partition coefficient (Wildman–Crippen LogP) is 2.97. The van der Waals surface area contributed by atoms with Crippen molar-refractivity contribution in [2.45, 2.75) is 25.0 Å². The van der Waals surface area contributed by atoms with E-state index in [0.29, 0.717) is 18.1 Å². The summed E-state index contributed by atoms with van der Waals surface area (Å²) in [6.45, 7) is 0.657. The molecule has 1 aliphatic heterocycles. The Morgan fingerprint density at radius 2 is 2.08 bits per heavy atom. The Bertz CT molecular complexity index is 896. The quantitative estimate of drug-likeness (QED) is 0.580. The molecule has 25 heavy (non-hydrogen) atoms. The van der Waals surface area contributed by atoms with Crippen LogP contribution in [0.3, 0.4) is 0 Å². The fraction of sp³-hybridized carbons (Fsp3) is 0.294. The highest BCUT2D eigenvalue weighted by atomic mass is 16.6. The first kappa shape index (κ1) is 15.5. The van der Waals surface area contributed by atoms with Crippen molar-refractivity contribution >= 4 is 17.3 Å². The van der Waals surface area contributed by atoms with Gasteiger partial charge in [-0.15, -0.1) is 0 Å². The number of aromatic nitrogens is 3. The van der Waals surface area contributed by atoms with Crippen LogP contribution in [0.15, 0.2) is 48.7 Å². The van der Waals surface area contributed by atoms with Gasteiger partial charge in [0.2, 0.25) is 5.65 Å². The second-order valence-corrected chi connectivity index (χ2v) is 6.00. The van der Waals surface area contributed by atoms with E-state index in [9.17, 15) is 10.1 Å². The third-order valence-corrected chi connectivity index (χ3v) is 4.34. The van der Waals surface area contributed by atoms with Crippen LogP contribution in [0.5, 0.6) is 0 Å². The van der Waals surface area contributed by atoms with E-state index in [1.807, 2.05) is 18.2 Å². The average molecular weight is 339 g/mol. The van der Waals surface area contributed by atoms with E-state index in [1.54, 1.807) is 12.1 Å². The van der Waals surface area contributed by atoms with Gasteiger partial charge in [-0.2, -0.15) is 0 Å². The molecule has 3 heterocycles. The Labute approximate surface area is 143 Å². The molecule has 2 unspecified atom stereocenters. The molecule has 0 aliphatic carbocycles. The van der Waals surface area contributed by atoms with Crippen LogP contribution in [0, 0.1) is 10.1 Å². The molecule has 8 nitrogen and oxygen atoms in total. The zero-order valence-electron chi connectivity index (χ0n) is 13.4. The van der Waals surface area contributed by atoms with Crippen LogP contribution in [0.2, 0.25) is 0 Å². The number of hydrogen-bond donors (Lipinski definition) is 1. The molecule has 2 aromatic heterocycles. The van der Waals surface area contributed by atoms with Gasteiger partial charge in [-0.3, -0.25) is 0 Å². The van der Waals surface area contributed by atoms with Gasteiger partial charge >= 0.3 is 5.82 Å². The summed E-state index contributed by atoms with van der Waals surface area (Å²) in [7, 11) is 0. The smallest absolute Gasteiger partial charge is 0.368 e. The minimum Gasteiger partial charge on any atom is -0.373 e. The van der Waals surface area contributed by atoms with Gasteiger partial charge in [-0.25, -0.2) is 4.98 Å². The molecule has 8 heteroatoms. The van der Waals surface area contributed by atoms with Crippen molar-refractivity contribution < 1.29 is 9.66 Å². The lowest BCUT2D eigenvalue weighted by Gasteiger charge is -2.30. The van der Waals surface area contributed by atoms with Gasteiger partial charge in [0, 0.05) is 18.7 Å². The minimum atomic E-state index is -0.489. The molecule has 1 N–H and O–H groups in total. The van der Waals surface area contributed by atoms with Crippen molar-refractivity contribution in [2.24, 2.45) is 0 Å². The van der Waals surface area contributed by atoms with Gasteiger partial charge in [0.25, 0.3) is 0 Å². The number of anilines is 1. The Hall–Kier alpha value is -3.00. The van der Waals surface area contributed by atoms with Crippen LogP contribution in [0.4, 0.5) is 11.6 Å². The second kappa shape index (κ2) is 6.48. The summed E-state index contributed by atoms with van der Waals surface area (Å²) in [5.74, 6) is 0.445. The first-order valence-corrected chi connectivity index (χ1v) is 8.13. The Morgan fingerprint density at radius 3 is 2.88 bits per heavy atom.